The molecule has 26 heavy (non-hydrogen) atoms. The molecule has 1 spiro atoms. The molecule has 0 aromatic carbocycles. The zero-order chi connectivity index (χ0) is 18.5. The number of rotatable bonds is 3. The molecule has 0 saturated carbocycles. The van der Waals surface area contributed by atoms with Crippen molar-refractivity contribution in [1.82, 2.24) is 29.0 Å². The summed E-state index contributed by atoms with van der Waals surface area (Å²) in [5.74, 6) is 0. The SMILES string of the molecule is Cc1nn(C)cc1CN1CCC2(CC1)c1nc[nH]c1CCN2S(C)(=O)=O. The minimum absolute atomic E-state index is 0.512. The summed E-state index contributed by atoms with van der Waals surface area (Å²) >= 11 is 0. The van der Waals surface area contributed by atoms with Gasteiger partial charge in [-0.3, -0.25) is 9.58 Å². The number of likely N-dealkylation sites (tertiary alicyclic amines) is 1. The fourth-order valence-corrected chi connectivity index (χ4v) is 5.88. The van der Waals surface area contributed by atoms with Gasteiger partial charge in [0.2, 0.25) is 10.0 Å². The van der Waals surface area contributed by atoms with Crippen LogP contribution in [0.3, 0.4) is 0 Å². The number of aromatic nitrogens is 4. The molecule has 2 aromatic heterocycles. The number of imidazole rings is 1. The Morgan fingerprint density at radius 2 is 2.00 bits per heavy atom. The van der Waals surface area contributed by atoms with Crippen LogP contribution in [-0.2, 0) is 35.6 Å². The molecule has 2 aliphatic heterocycles. The van der Waals surface area contributed by atoms with E-state index in [0.717, 1.165) is 49.6 Å². The summed E-state index contributed by atoms with van der Waals surface area (Å²) in [6.45, 7) is 5.08. The summed E-state index contributed by atoms with van der Waals surface area (Å²) in [5, 5.41) is 4.42. The molecule has 2 aromatic rings. The third-order valence-electron chi connectivity index (χ3n) is 5.79. The zero-order valence-corrected chi connectivity index (χ0v) is 16.4. The second-order valence-electron chi connectivity index (χ2n) is 7.54. The Morgan fingerprint density at radius 3 is 2.62 bits per heavy atom. The average molecular weight is 379 g/mol. The summed E-state index contributed by atoms with van der Waals surface area (Å²) in [7, 11) is -1.35. The highest BCUT2D eigenvalue weighted by atomic mass is 32.2. The molecule has 1 fully saturated rings. The minimum Gasteiger partial charge on any atom is -0.348 e. The van der Waals surface area contributed by atoms with Gasteiger partial charge in [-0.1, -0.05) is 0 Å². The van der Waals surface area contributed by atoms with Crippen LogP contribution in [0.15, 0.2) is 12.5 Å². The van der Waals surface area contributed by atoms with E-state index in [9.17, 15) is 8.42 Å². The monoisotopic (exact) mass is 378 g/mol. The van der Waals surface area contributed by atoms with Crippen LogP contribution in [0.1, 0.15) is 35.5 Å². The lowest BCUT2D eigenvalue weighted by atomic mass is 9.80. The number of sulfonamides is 1. The average Bonchev–Trinajstić information content (AvgIpc) is 3.16. The summed E-state index contributed by atoms with van der Waals surface area (Å²) in [5.41, 5.74) is 3.78. The van der Waals surface area contributed by atoms with Gasteiger partial charge in [0.1, 0.15) is 0 Å². The smallest absolute Gasteiger partial charge is 0.212 e. The van der Waals surface area contributed by atoms with E-state index in [2.05, 4.69) is 26.2 Å². The number of nitrogens with zero attached hydrogens (tertiary/aromatic N) is 5. The third kappa shape index (κ3) is 2.87. The van der Waals surface area contributed by atoms with Crippen LogP contribution in [-0.4, -0.2) is 63.3 Å². The second-order valence-corrected chi connectivity index (χ2v) is 9.44. The van der Waals surface area contributed by atoms with E-state index in [1.807, 2.05) is 18.7 Å². The first-order valence-electron chi connectivity index (χ1n) is 9.02. The van der Waals surface area contributed by atoms with Gasteiger partial charge in [-0.05, 0) is 19.8 Å². The van der Waals surface area contributed by atoms with Gasteiger partial charge in [0.25, 0.3) is 0 Å². The molecule has 1 N–H and O–H groups in total. The molecule has 142 valence electrons. The fourth-order valence-electron chi connectivity index (χ4n) is 4.55. The molecule has 2 aliphatic rings. The van der Waals surface area contributed by atoms with Crippen LogP contribution in [0.5, 0.6) is 0 Å². The van der Waals surface area contributed by atoms with Crippen LogP contribution in [0, 0.1) is 6.92 Å². The molecule has 0 bridgehead atoms. The molecule has 0 aliphatic carbocycles. The van der Waals surface area contributed by atoms with E-state index in [0.29, 0.717) is 13.0 Å². The molecule has 0 radical (unpaired) electrons. The molecule has 4 rings (SSSR count). The van der Waals surface area contributed by atoms with Gasteiger partial charge < -0.3 is 4.98 Å². The van der Waals surface area contributed by atoms with E-state index >= 15 is 0 Å². The van der Waals surface area contributed by atoms with Crippen molar-refractivity contribution in [3.63, 3.8) is 0 Å². The molecule has 0 atom stereocenters. The lowest BCUT2D eigenvalue weighted by molar-refractivity contribution is 0.0604. The first kappa shape index (κ1) is 17.7. The normalized spacial score (nSPS) is 21.2. The number of hydrogen-bond donors (Lipinski definition) is 1. The van der Waals surface area contributed by atoms with Crippen molar-refractivity contribution in [1.29, 1.82) is 0 Å². The van der Waals surface area contributed by atoms with Gasteiger partial charge in [-0.25, -0.2) is 13.4 Å². The van der Waals surface area contributed by atoms with Crippen molar-refractivity contribution in [2.75, 3.05) is 25.9 Å². The van der Waals surface area contributed by atoms with Gasteiger partial charge in [-0.2, -0.15) is 9.40 Å². The van der Waals surface area contributed by atoms with Gasteiger partial charge >= 0.3 is 0 Å². The second kappa shape index (κ2) is 6.17. The number of piperidine rings is 1. The molecule has 0 unspecified atom stereocenters. The maximum absolute atomic E-state index is 12.5. The standard InChI is InChI=1S/C17H26N6O2S/c1-13-14(10-21(2)20-13)11-22-8-5-17(6-9-22)16-15(18-12-19-16)4-7-23(17)26(3,24)25/h10,12H,4-9,11H2,1-3H3,(H,18,19). The van der Waals surface area contributed by atoms with Crippen molar-refractivity contribution in [2.24, 2.45) is 7.05 Å². The first-order valence-corrected chi connectivity index (χ1v) is 10.9. The lowest BCUT2D eigenvalue weighted by Gasteiger charge is -2.49. The Bertz CT molecular complexity index is 908. The van der Waals surface area contributed by atoms with Gasteiger partial charge in [0.15, 0.2) is 0 Å². The molecule has 8 nitrogen and oxygen atoms in total. The van der Waals surface area contributed by atoms with Crippen LogP contribution in [0.2, 0.25) is 0 Å². The number of fused-ring (bicyclic) bond motifs is 2. The van der Waals surface area contributed by atoms with E-state index in [1.54, 1.807) is 10.6 Å². The predicted molar refractivity (Wildman–Crippen MR) is 98.0 cm³/mol. The maximum atomic E-state index is 12.5. The summed E-state index contributed by atoms with van der Waals surface area (Å²) in [6, 6.07) is 0. The third-order valence-corrected chi connectivity index (χ3v) is 7.13. The minimum atomic E-state index is -3.29. The summed E-state index contributed by atoms with van der Waals surface area (Å²) < 4.78 is 28.5. The Labute approximate surface area is 154 Å². The highest BCUT2D eigenvalue weighted by Gasteiger charge is 2.50. The number of aromatic amines is 1. The zero-order valence-electron chi connectivity index (χ0n) is 15.6. The van der Waals surface area contributed by atoms with E-state index in [-0.39, 0.29) is 0 Å². The van der Waals surface area contributed by atoms with Crippen molar-refractivity contribution >= 4 is 10.0 Å². The molecule has 1 saturated heterocycles. The molecular formula is C17H26N6O2S. The first-order chi connectivity index (χ1) is 12.3. The number of aryl methyl sites for hydroxylation is 2. The van der Waals surface area contributed by atoms with Crippen LogP contribution in [0.4, 0.5) is 0 Å². The topological polar surface area (TPSA) is 87.1 Å². The van der Waals surface area contributed by atoms with Crippen molar-refractivity contribution in [3.8, 4) is 0 Å². The molecular weight excluding hydrogens is 352 g/mol. The quantitative estimate of drug-likeness (QED) is 0.852. The predicted octanol–water partition coefficient (Wildman–Crippen LogP) is 0.761. The Hall–Kier alpha value is -1.71. The number of hydrogen-bond acceptors (Lipinski definition) is 5. The van der Waals surface area contributed by atoms with Crippen LogP contribution < -0.4 is 0 Å². The van der Waals surface area contributed by atoms with Gasteiger partial charge in [0, 0.05) is 57.1 Å². The highest BCUT2D eigenvalue weighted by Crippen LogP contribution is 2.43. The number of H-pyrrole nitrogens is 1. The molecule has 0 amide bonds. The highest BCUT2D eigenvalue weighted by molar-refractivity contribution is 7.88. The Kier molecular flexibility index (Phi) is 4.20. The summed E-state index contributed by atoms with van der Waals surface area (Å²) in [4.78, 5) is 10.1. The van der Waals surface area contributed by atoms with Gasteiger partial charge in [-0.15, -0.1) is 0 Å². The lowest BCUT2D eigenvalue weighted by Crippen LogP contribution is -2.57. The van der Waals surface area contributed by atoms with E-state index < -0.39 is 15.6 Å². The number of nitrogens with one attached hydrogen (secondary N) is 1. The summed E-state index contributed by atoms with van der Waals surface area (Å²) in [6.07, 6.45) is 7.30. The maximum Gasteiger partial charge on any atom is 0.212 e. The van der Waals surface area contributed by atoms with Gasteiger partial charge in [0.05, 0.1) is 29.5 Å². The van der Waals surface area contributed by atoms with Crippen LogP contribution >= 0.6 is 0 Å². The molecule has 4 heterocycles. The van der Waals surface area contributed by atoms with Crippen molar-refractivity contribution in [2.45, 2.75) is 38.3 Å². The molecule has 9 heteroatoms. The Morgan fingerprint density at radius 1 is 1.27 bits per heavy atom. The fraction of sp³-hybridized carbons (Fsp3) is 0.647. The Balaban J connectivity index is 1.58. The van der Waals surface area contributed by atoms with E-state index in [4.69, 9.17) is 0 Å². The van der Waals surface area contributed by atoms with Crippen molar-refractivity contribution < 1.29 is 8.42 Å². The largest absolute Gasteiger partial charge is 0.348 e. The van der Waals surface area contributed by atoms with Crippen molar-refractivity contribution in [3.05, 3.63) is 35.2 Å². The van der Waals surface area contributed by atoms with Crippen LogP contribution in [0.25, 0.3) is 0 Å². The van der Waals surface area contributed by atoms with E-state index in [1.165, 1.54) is 11.8 Å².